The number of anilines is 1. The lowest BCUT2D eigenvalue weighted by atomic mass is 10.2. The minimum absolute atomic E-state index is 0.141. The van der Waals surface area contributed by atoms with Gasteiger partial charge in [-0.3, -0.25) is 5.32 Å². The Morgan fingerprint density at radius 2 is 1.90 bits per heavy atom. The SMILES string of the molecule is CC(C)(C)OC(=O)Nc1ccc(COC[C@@H](N)CN)cc1. The average molecular weight is 295 g/mol. The lowest BCUT2D eigenvalue weighted by molar-refractivity contribution is 0.0636. The third kappa shape index (κ3) is 7.65. The number of amides is 1. The van der Waals surface area contributed by atoms with Gasteiger partial charge in [-0.1, -0.05) is 12.1 Å². The third-order valence-corrected chi connectivity index (χ3v) is 2.50. The van der Waals surface area contributed by atoms with E-state index in [0.29, 0.717) is 25.4 Å². The van der Waals surface area contributed by atoms with Crippen LogP contribution in [0.1, 0.15) is 26.3 Å². The number of carbonyl (C=O) groups is 1. The van der Waals surface area contributed by atoms with E-state index in [1.165, 1.54) is 0 Å². The number of ether oxygens (including phenoxy) is 2. The molecule has 6 heteroatoms. The molecule has 0 saturated heterocycles. The van der Waals surface area contributed by atoms with Gasteiger partial charge >= 0.3 is 6.09 Å². The fraction of sp³-hybridized carbons (Fsp3) is 0.533. The molecule has 0 aliphatic carbocycles. The van der Waals surface area contributed by atoms with Crippen molar-refractivity contribution in [3.8, 4) is 0 Å². The van der Waals surface area contributed by atoms with E-state index in [-0.39, 0.29) is 6.04 Å². The molecule has 0 radical (unpaired) electrons. The van der Waals surface area contributed by atoms with Gasteiger partial charge in [0.05, 0.1) is 13.2 Å². The monoisotopic (exact) mass is 295 g/mol. The van der Waals surface area contributed by atoms with E-state index in [0.717, 1.165) is 5.56 Å². The molecule has 1 atom stereocenters. The maximum Gasteiger partial charge on any atom is 0.412 e. The Labute approximate surface area is 125 Å². The molecule has 0 bridgehead atoms. The van der Waals surface area contributed by atoms with Crippen molar-refractivity contribution < 1.29 is 14.3 Å². The van der Waals surface area contributed by atoms with Gasteiger partial charge in [0.2, 0.25) is 0 Å². The van der Waals surface area contributed by atoms with Crippen LogP contribution in [0.4, 0.5) is 10.5 Å². The molecule has 0 unspecified atom stereocenters. The summed E-state index contributed by atoms with van der Waals surface area (Å²) in [4.78, 5) is 11.6. The molecule has 0 aromatic heterocycles. The van der Waals surface area contributed by atoms with Crippen LogP contribution in [-0.2, 0) is 16.1 Å². The van der Waals surface area contributed by atoms with Gasteiger partial charge in [-0.25, -0.2) is 4.79 Å². The first-order chi connectivity index (χ1) is 9.80. The lowest BCUT2D eigenvalue weighted by Crippen LogP contribution is -2.34. The van der Waals surface area contributed by atoms with Gasteiger partial charge in [-0.15, -0.1) is 0 Å². The molecule has 1 amide bonds. The normalized spacial score (nSPS) is 12.8. The maximum absolute atomic E-state index is 11.6. The molecule has 0 fully saturated rings. The third-order valence-electron chi connectivity index (χ3n) is 2.50. The first kappa shape index (κ1) is 17.4. The van der Waals surface area contributed by atoms with E-state index < -0.39 is 11.7 Å². The van der Waals surface area contributed by atoms with Gasteiger partial charge in [0.25, 0.3) is 0 Å². The predicted octanol–water partition coefficient (Wildman–Crippen LogP) is 1.84. The highest BCUT2D eigenvalue weighted by Crippen LogP contribution is 2.13. The Kier molecular flexibility index (Phi) is 6.61. The van der Waals surface area contributed by atoms with Gasteiger partial charge in [-0.05, 0) is 38.5 Å². The van der Waals surface area contributed by atoms with Crippen LogP contribution in [0, 0.1) is 0 Å². The molecule has 118 valence electrons. The summed E-state index contributed by atoms with van der Waals surface area (Å²) in [5.41, 5.74) is 12.2. The standard InChI is InChI=1S/C15H25N3O3/c1-15(2,3)21-14(19)18-13-6-4-11(5-7-13)9-20-10-12(17)8-16/h4-7,12H,8-10,16-17H2,1-3H3,(H,18,19)/t12-/m0/s1. The van der Waals surface area contributed by atoms with Gasteiger partial charge in [0, 0.05) is 18.3 Å². The zero-order chi connectivity index (χ0) is 15.9. The second kappa shape index (κ2) is 7.97. The van der Waals surface area contributed by atoms with Gasteiger partial charge in [0.1, 0.15) is 5.60 Å². The highest BCUT2D eigenvalue weighted by atomic mass is 16.6. The molecule has 0 heterocycles. The summed E-state index contributed by atoms with van der Waals surface area (Å²) < 4.78 is 10.6. The van der Waals surface area contributed by atoms with E-state index >= 15 is 0 Å². The molecule has 1 aromatic rings. The van der Waals surface area contributed by atoms with Crippen molar-refractivity contribution in [2.75, 3.05) is 18.5 Å². The molecular formula is C15H25N3O3. The second-order valence-electron chi connectivity index (χ2n) is 5.83. The van der Waals surface area contributed by atoms with Crippen molar-refractivity contribution in [3.63, 3.8) is 0 Å². The van der Waals surface area contributed by atoms with Crippen molar-refractivity contribution in [1.82, 2.24) is 0 Å². The zero-order valence-corrected chi connectivity index (χ0v) is 12.9. The van der Waals surface area contributed by atoms with Crippen molar-refractivity contribution in [2.45, 2.75) is 39.0 Å². The van der Waals surface area contributed by atoms with Gasteiger partial charge < -0.3 is 20.9 Å². The topological polar surface area (TPSA) is 99.6 Å². The van der Waals surface area contributed by atoms with Crippen LogP contribution >= 0.6 is 0 Å². The molecule has 1 aromatic carbocycles. The smallest absolute Gasteiger partial charge is 0.412 e. The molecule has 5 N–H and O–H groups in total. The van der Waals surface area contributed by atoms with Crippen LogP contribution in [0.2, 0.25) is 0 Å². The maximum atomic E-state index is 11.6. The van der Waals surface area contributed by atoms with Crippen molar-refractivity contribution in [1.29, 1.82) is 0 Å². The summed E-state index contributed by atoms with van der Waals surface area (Å²) in [6.07, 6.45) is -0.472. The summed E-state index contributed by atoms with van der Waals surface area (Å²) in [6.45, 7) is 6.74. The Hall–Kier alpha value is -1.63. The fourth-order valence-corrected chi connectivity index (χ4v) is 1.50. The molecule has 0 saturated carbocycles. The largest absolute Gasteiger partial charge is 0.444 e. The number of carbonyl (C=O) groups excluding carboxylic acids is 1. The molecule has 6 nitrogen and oxygen atoms in total. The average Bonchev–Trinajstić information content (AvgIpc) is 2.38. The van der Waals surface area contributed by atoms with E-state index in [1.807, 2.05) is 32.9 Å². The number of nitrogens with two attached hydrogens (primary N) is 2. The highest BCUT2D eigenvalue weighted by Gasteiger charge is 2.16. The summed E-state index contributed by atoms with van der Waals surface area (Å²) in [7, 11) is 0. The number of nitrogens with one attached hydrogen (secondary N) is 1. The van der Waals surface area contributed by atoms with Crippen LogP contribution in [0.15, 0.2) is 24.3 Å². The number of rotatable bonds is 6. The summed E-state index contributed by atoms with van der Waals surface area (Å²) in [5, 5.41) is 2.67. The van der Waals surface area contributed by atoms with E-state index in [1.54, 1.807) is 12.1 Å². The summed E-state index contributed by atoms with van der Waals surface area (Å²) in [5.74, 6) is 0. The van der Waals surface area contributed by atoms with Crippen molar-refractivity contribution in [2.24, 2.45) is 11.5 Å². The first-order valence-electron chi connectivity index (χ1n) is 6.92. The number of hydrogen-bond donors (Lipinski definition) is 3. The fourth-order valence-electron chi connectivity index (χ4n) is 1.50. The van der Waals surface area contributed by atoms with Crippen molar-refractivity contribution in [3.05, 3.63) is 29.8 Å². The number of hydrogen-bond acceptors (Lipinski definition) is 5. The Bertz CT molecular complexity index is 440. The molecule has 0 spiro atoms. The van der Waals surface area contributed by atoms with Crippen LogP contribution < -0.4 is 16.8 Å². The van der Waals surface area contributed by atoms with Gasteiger partial charge in [0.15, 0.2) is 0 Å². The second-order valence-corrected chi connectivity index (χ2v) is 5.83. The first-order valence-corrected chi connectivity index (χ1v) is 6.92. The summed E-state index contributed by atoms with van der Waals surface area (Å²) >= 11 is 0. The van der Waals surface area contributed by atoms with E-state index in [9.17, 15) is 4.79 Å². The Morgan fingerprint density at radius 3 is 2.43 bits per heavy atom. The highest BCUT2D eigenvalue weighted by molar-refractivity contribution is 5.84. The predicted molar refractivity (Wildman–Crippen MR) is 83.0 cm³/mol. The van der Waals surface area contributed by atoms with E-state index in [4.69, 9.17) is 20.9 Å². The quantitative estimate of drug-likeness (QED) is 0.743. The van der Waals surface area contributed by atoms with Crippen LogP contribution in [0.25, 0.3) is 0 Å². The molecule has 0 aliphatic heterocycles. The molecule has 0 aliphatic rings. The minimum atomic E-state index is -0.514. The van der Waals surface area contributed by atoms with Crippen LogP contribution in [0.5, 0.6) is 0 Å². The zero-order valence-electron chi connectivity index (χ0n) is 12.9. The van der Waals surface area contributed by atoms with E-state index in [2.05, 4.69) is 5.32 Å². The van der Waals surface area contributed by atoms with Crippen LogP contribution in [0.3, 0.4) is 0 Å². The molecule has 1 rings (SSSR count). The van der Waals surface area contributed by atoms with Gasteiger partial charge in [-0.2, -0.15) is 0 Å². The lowest BCUT2D eigenvalue weighted by Gasteiger charge is -2.19. The molecule has 21 heavy (non-hydrogen) atoms. The Morgan fingerprint density at radius 1 is 1.29 bits per heavy atom. The van der Waals surface area contributed by atoms with Crippen molar-refractivity contribution >= 4 is 11.8 Å². The number of benzene rings is 1. The molecular weight excluding hydrogens is 270 g/mol. The Balaban J connectivity index is 2.41. The summed E-state index contributed by atoms with van der Waals surface area (Å²) in [6, 6.07) is 7.20. The minimum Gasteiger partial charge on any atom is -0.444 e. The van der Waals surface area contributed by atoms with Crippen LogP contribution in [-0.4, -0.2) is 30.9 Å².